The number of aromatic nitrogens is 2. The monoisotopic (exact) mass is 386 g/mol. The van der Waals surface area contributed by atoms with Gasteiger partial charge in [-0.15, -0.1) is 10.2 Å². The molecule has 0 spiro atoms. The van der Waals surface area contributed by atoms with E-state index < -0.39 is 15.4 Å². The molecule has 8 nitrogen and oxygen atoms in total. The summed E-state index contributed by atoms with van der Waals surface area (Å²) in [5.41, 5.74) is -0.925. The van der Waals surface area contributed by atoms with Crippen LogP contribution in [-0.4, -0.2) is 47.3 Å². The molecule has 1 aliphatic heterocycles. The summed E-state index contributed by atoms with van der Waals surface area (Å²) < 4.78 is 28.4. The van der Waals surface area contributed by atoms with Crippen molar-refractivity contribution in [1.29, 1.82) is 5.26 Å². The molecule has 0 unspecified atom stereocenters. The first kappa shape index (κ1) is 19.7. The molecule has 0 aromatic carbocycles. The van der Waals surface area contributed by atoms with E-state index in [0.29, 0.717) is 18.7 Å². The number of nitriles is 1. The van der Waals surface area contributed by atoms with Crippen LogP contribution in [0.15, 0.2) is 9.64 Å². The Balaban J connectivity index is 1.83. The summed E-state index contributed by atoms with van der Waals surface area (Å²) in [6, 6.07) is 2.12. The summed E-state index contributed by atoms with van der Waals surface area (Å²) in [6.07, 6.45) is 1.04. The lowest BCUT2D eigenvalue weighted by Gasteiger charge is -2.27. The van der Waals surface area contributed by atoms with Crippen LogP contribution in [0.2, 0.25) is 0 Å². The molecule has 2 atom stereocenters. The van der Waals surface area contributed by atoms with Crippen LogP contribution in [0.5, 0.6) is 0 Å². The highest BCUT2D eigenvalue weighted by Crippen LogP contribution is 2.24. The molecule has 1 N–H and O–H groups in total. The van der Waals surface area contributed by atoms with Crippen LogP contribution in [0.25, 0.3) is 0 Å². The van der Waals surface area contributed by atoms with Gasteiger partial charge in [0, 0.05) is 6.42 Å². The molecule has 10 heteroatoms. The SMILES string of the molecule is CC(C)[C@@](C)(C#N)NC(=O)CSc1nnc(C[C@H]2CCS(=O)(=O)C2)o1. The van der Waals surface area contributed by atoms with E-state index in [1.165, 1.54) is 0 Å². The summed E-state index contributed by atoms with van der Waals surface area (Å²) >= 11 is 1.09. The first-order chi connectivity index (χ1) is 11.6. The number of thioether (sulfide) groups is 1. The maximum atomic E-state index is 12.0. The topological polar surface area (TPSA) is 126 Å². The zero-order valence-corrected chi connectivity index (χ0v) is 16.1. The Morgan fingerprint density at radius 1 is 1.52 bits per heavy atom. The summed E-state index contributed by atoms with van der Waals surface area (Å²) in [4.78, 5) is 12.0. The Morgan fingerprint density at radius 2 is 2.24 bits per heavy atom. The quantitative estimate of drug-likeness (QED) is 0.693. The third-order valence-electron chi connectivity index (χ3n) is 4.35. The van der Waals surface area contributed by atoms with Crippen molar-refractivity contribution in [1.82, 2.24) is 15.5 Å². The maximum absolute atomic E-state index is 12.0. The van der Waals surface area contributed by atoms with Crippen molar-refractivity contribution in [3.8, 4) is 6.07 Å². The third kappa shape index (κ3) is 5.44. The lowest BCUT2D eigenvalue weighted by atomic mass is 9.90. The number of hydrogen-bond acceptors (Lipinski definition) is 8. The van der Waals surface area contributed by atoms with Crippen molar-refractivity contribution in [3.05, 3.63) is 5.89 Å². The molecule has 1 aliphatic rings. The Kier molecular flexibility index (Phi) is 6.11. The Labute approximate surface area is 151 Å². The smallest absolute Gasteiger partial charge is 0.277 e. The second-order valence-electron chi connectivity index (χ2n) is 6.74. The minimum absolute atomic E-state index is 0.00831. The van der Waals surface area contributed by atoms with E-state index in [1.54, 1.807) is 6.92 Å². The van der Waals surface area contributed by atoms with Gasteiger partial charge < -0.3 is 9.73 Å². The molecule has 1 fully saturated rings. The molecule has 0 bridgehead atoms. The molecular weight excluding hydrogens is 364 g/mol. The fourth-order valence-electron chi connectivity index (χ4n) is 2.41. The molecule has 1 amide bonds. The zero-order chi connectivity index (χ0) is 18.7. The van der Waals surface area contributed by atoms with E-state index >= 15 is 0 Å². The molecule has 1 saturated heterocycles. The van der Waals surface area contributed by atoms with Gasteiger partial charge in [-0.1, -0.05) is 25.6 Å². The Morgan fingerprint density at radius 3 is 2.80 bits per heavy atom. The van der Waals surface area contributed by atoms with Crippen LogP contribution in [0, 0.1) is 23.2 Å². The van der Waals surface area contributed by atoms with Crippen molar-refractivity contribution in [3.63, 3.8) is 0 Å². The number of nitrogens with zero attached hydrogens (tertiary/aromatic N) is 3. The minimum Gasteiger partial charge on any atom is -0.416 e. The number of carbonyl (C=O) groups is 1. The van der Waals surface area contributed by atoms with Crippen molar-refractivity contribution < 1.29 is 17.6 Å². The van der Waals surface area contributed by atoms with E-state index in [2.05, 4.69) is 21.6 Å². The normalized spacial score (nSPS) is 21.6. The van der Waals surface area contributed by atoms with Crippen molar-refractivity contribution in [2.45, 2.75) is 44.4 Å². The average Bonchev–Trinajstić information content (AvgIpc) is 3.11. The molecule has 0 radical (unpaired) electrons. The van der Waals surface area contributed by atoms with Gasteiger partial charge in [0.1, 0.15) is 5.54 Å². The molecule has 2 rings (SSSR count). The summed E-state index contributed by atoms with van der Waals surface area (Å²) in [5, 5.41) is 20.0. The van der Waals surface area contributed by atoms with Crippen molar-refractivity contribution in [2.75, 3.05) is 17.3 Å². The van der Waals surface area contributed by atoms with Gasteiger partial charge in [0.15, 0.2) is 9.84 Å². The van der Waals surface area contributed by atoms with Gasteiger partial charge in [-0.3, -0.25) is 4.79 Å². The number of nitrogens with one attached hydrogen (secondary N) is 1. The average molecular weight is 386 g/mol. The predicted molar refractivity (Wildman–Crippen MR) is 92.5 cm³/mol. The first-order valence-corrected chi connectivity index (χ1v) is 10.8. The van der Waals surface area contributed by atoms with Crippen LogP contribution in [0.3, 0.4) is 0 Å². The van der Waals surface area contributed by atoms with Gasteiger partial charge in [-0.2, -0.15) is 5.26 Å². The lowest BCUT2D eigenvalue weighted by Crippen LogP contribution is -2.49. The molecule has 25 heavy (non-hydrogen) atoms. The highest BCUT2D eigenvalue weighted by molar-refractivity contribution is 7.99. The number of hydrogen-bond donors (Lipinski definition) is 1. The maximum Gasteiger partial charge on any atom is 0.277 e. The van der Waals surface area contributed by atoms with Crippen LogP contribution < -0.4 is 5.32 Å². The van der Waals surface area contributed by atoms with Crippen LogP contribution in [-0.2, 0) is 21.1 Å². The van der Waals surface area contributed by atoms with Crippen LogP contribution >= 0.6 is 11.8 Å². The Bertz CT molecular complexity index is 769. The molecule has 1 aromatic heterocycles. The van der Waals surface area contributed by atoms with E-state index in [1.807, 2.05) is 13.8 Å². The molecule has 1 aromatic rings. The van der Waals surface area contributed by atoms with Gasteiger partial charge in [0.2, 0.25) is 11.8 Å². The van der Waals surface area contributed by atoms with Gasteiger partial charge in [0.05, 0.1) is 23.3 Å². The number of carbonyl (C=O) groups excluding carboxylic acids is 1. The summed E-state index contributed by atoms with van der Waals surface area (Å²) in [7, 11) is -2.93. The van der Waals surface area contributed by atoms with E-state index in [-0.39, 0.29) is 40.2 Å². The Hall–Kier alpha value is -1.60. The van der Waals surface area contributed by atoms with E-state index in [9.17, 15) is 18.5 Å². The summed E-state index contributed by atoms with van der Waals surface area (Å²) in [5.74, 6) is 0.503. The van der Waals surface area contributed by atoms with E-state index in [4.69, 9.17) is 4.42 Å². The fourth-order valence-corrected chi connectivity index (χ4v) is 4.86. The highest BCUT2D eigenvalue weighted by atomic mass is 32.2. The predicted octanol–water partition coefficient (Wildman–Crippen LogP) is 1.19. The van der Waals surface area contributed by atoms with Gasteiger partial charge in [-0.05, 0) is 25.2 Å². The fraction of sp³-hybridized carbons (Fsp3) is 0.733. The molecular formula is C15H22N4O4S2. The van der Waals surface area contributed by atoms with Crippen molar-refractivity contribution in [2.24, 2.45) is 11.8 Å². The van der Waals surface area contributed by atoms with Gasteiger partial charge >= 0.3 is 0 Å². The molecule has 2 heterocycles. The molecule has 138 valence electrons. The van der Waals surface area contributed by atoms with Crippen LogP contribution in [0.1, 0.15) is 33.1 Å². The minimum atomic E-state index is -2.93. The summed E-state index contributed by atoms with van der Waals surface area (Å²) in [6.45, 7) is 5.41. The second kappa shape index (κ2) is 7.74. The highest BCUT2D eigenvalue weighted by Gasteiger charge is 2.31. The number of amides is 1. The number of sulfone groups is 1. The third-order valence-corrected chi connectivity index (χ3v) is 7.01. The zero-order valence-electron chi connectivity index (χ0n) is 14.5. The van der Waals surface area contributed by atoms with Gasteiger partial charge in [-0.25, -0.2) is 8.42 Å². The van der Waals surface area contributed by atoms with Gasteiger partial charge in [0.25, 0.3) is 5.22 Å². The largest absolute Gasteiger partial charge is 0.416 e. The first-order valence-electron chi connectivity index (χ1n) is 8.01. The van der Waals surface area contributed by atoms with E-state index in [0.717, 1.165) is 11.8 Å². The molecule has 0 aliphatic carbocycles. The van der Waals surface area contributed by atoms with Crippen molar-refractivity contribution >= 4 is 27.5 Å². The van der Waals surface area contributed by atoms with Crippen LogP contribution in [0.4, 0.5) is 0 Å². The number of rotatable bonds is 7. The lowest BCUT2D eigenvalue weighted by molar-refractivity contribution is -0.120. The molecule has 0 saturated carbocycles. The second-order valence-corrected chi connectivity index (χ2v) is 9.90. The standard InChI is InChI=1S/C15H22N4O4S2/c1-10(2)15(3,9-16)17-12(20)7-24-14-19-18-13(23-14)6-11-4-5-25(21,22)8-11/h10-11H,4-8H2,1-3H3,(H,17,20)/t11-,15-/m1/s1.